The lowest BCUT2D eigenvalue weighted by atomic mass is 10.0. The monoisotopic (exact) mass is 380 g/mol. The van der Waals surface area contributed by atoms with E-state index in [9.17, 15) is 8.42 Å². The fourth-order valence-corrected chi connectivity index (χ4v) is 4.60. The van der Waals surface area contributed by atoms with Crippen molar-refractivity contribution in [3.8, 4) is 0 Å². The Bertz CT molecular complexity index is 699. The van der Waals surface area contributed by atoms with Crippen LogP contribution < -0.4 is 11.1 Å². The molecular weight excluding hydrogens is 348 g/mol. The van der Waals surface area contributed by atoms with Crippen LogP contribution in [0.3, 0.4) is 0 Å². The predicted octanol–water partition coefficient (Wildman–Crippen LogP) is 2.56. The van der Waals surface area contributed by atoms with Crippen LogP contribution in [0.4, 0.5) is 0 Å². The number of rotatable bonds is 7. The van der Waals surface area contributed by atoms with Gasteiger partial charge in [0.1, 0.15) is 0 Å². The van der Waals surface area contributed by atoms with Gasteiger partial charge in [0.2, 0.25) is 10.0 Å². The van der Waals surface area contributed by atoms with Gasteiger partial charge in [-0.15, -0.1) is 0 Å². The van der Waals surface area contributed by atoms with E-state index in [1.165, 1.54) is 0 Å². The van der Waals surface area contributed by atoms with E-state index in [-0.39, 0.29) is 0 Å². The van der Waals surface area contributed by atoms with Gasteiger partial charge in [-0.3, -0.25) is 0 Å². The van der Waals surface area contributed by atoms with Gasteiger partial charge in [0.15, 0.2) is 5.96 Å². The van der Waals surface area contributed by atoms with Crippen molar-refractivity contribution >= 4 is 16.0 Å². The number of sulfonamides is 1. The lowest BCUT2D eigenvalue weighted by molar-refractivity contribution is 0.281. The Hall–Kier alpha value is -1.60. The van der Waals surface area contributed by atoms with Crippen molar-refractivity contribution in [2.75, 3.05) is 19.6 Å². The Balaban J connectivity index is 1.95. The molecule has 1 aromatic carbocycles. The molecule has 1 heterocycles. The third kappa shape index (κ3) is 5.99. The summed E-state index contributed by atoms with van der Waals surface area (Å²) in [6.45, 7) is 8.87. The van der Waals surface area contributed by atoms with Gasteiger partial charge in [-0.25, -0.2) is 13.4 Å². The molecule has 7 heteroatoms. The maximum Gasteiger partial charge on any atom is 0.243 e. The SMILES string of the molecule is CC(C)CCNC(N)=NCc1ccc(S(=O)(=O)N2CCCC(C)C2)cc1. The second kappa shape index (κ2) is 9.37. The van der Waals surface area contributed by atoms with E-state index in [0.29, 0.717) is 42.3 Å². The fourth-order valence-electron chi connectivity index (χ4n) is 3.00. The summed E-state index contributed by atoms with van der Waals surface area (Å²) in [6.07, 6.45) is 3.06. The second-order valence-electron chi connectivity index (χ2n) is 7.57. The Morgan fingerprint density at radius 3 is 2.65 bits per heavy atom. The van der Waals surface area contributed by atoms with Crippen LogP contribution in [0.2, 0.25) is 0 Å². The highest BCUT2D eigenvalue weighted by Crippen LogP contribution is 2.23. The summed E-state index contributed by atoms with van der Waals surface area (Å²) in [5.74, 6) is 1.45. The highest BCUT2D eigenvalue weighted by atomic mass is 32.2. The Labute approximate surface area is 157 Å². The van der Waals surface area contributed by atoms with E-state index in [4.69, 9.17) is 5.73 Å². The van der Waals surface area contributed by atoms with Crippen LogP contribution in [0.15, 0.2) is 34.2 Å². The topological polar surface area (TPSA) is 87.8 Å². The number of benzene rings is 1. The molecule has 1 aliphatic rings. The van der Waals surface area contributed by atoms with Crippen molar-refractivity contribution in [1.82, 2.24) is 9.62 Å². The Morgan fingerprint density at radius 2 is 2.04 bits per heavy atom. The average molecular weight is 381 g/mol. The standard InChI is InChI=1S/C19H32N4O2S/c1-15(2)10-11-21-19(20)22-13-17-6-8-18(9-7-17)26(24,25)23-12-4-5-16(3)14-23/h6-9,15-16H,4-5,10-14H2,1-3H3,(H3,20,21,22). The van der Waals surface area contributed by atoms with E-state index >= 15 is 0 Å². The molecule has 0 saturated carbocycles. The molecule has 146 valence electrons. The number of piperidine rings is 1. The van der Waals surface area contributed by atoms with Gasteiger partial charge in [-0.05, 0) is 48.8 Å². The zero-order valence-corrected chi connectivity index (χ0v) is 16.9. The van der Waals surface area contributed by atoms with Gasteiger partial charge >= 0.3 is 0 Å². The molecule has 2 rings (SSSR count). The molecular formula is C19H32N4O2S. The van der Waals surface area contributed by atoms with E-state index < -0.39 is 10.0 Å². The molecule has 1 unspecified atom stereocenters. The van der Waals surface area contributed by atoms with Crippen LogP contribution in [-0.2, 0) is 16.6 Å². The van der Waals surface area contributed by atoms with Crippen LogP contribution in [-0.4, -0.2) is 38.3 Å². The molecule has 0 radical (unpaired) electrons. The van der Waals surface area contributed by atoms with Crippen LogP contribution in [0.25, 0.3) is 0 Å². The van der Waals surface area contributed by atoms with E-state index in [2.05, 4.69) is 31.1 Å². The van der Waals surface area contributed by atoms with Crippen LogP contribution in [0, 0.1) is 11.8 Å². The van der Waals surface area contributed by atoms with Gasteiger partial charge in [0.05, 0.1) is 11.4 Å². The lowest BCUT2D eigenvalue weighted by Gasteiger charge is -2.30. The van der Waals surface area contributed by atoms with Crippen molar-refractivity contribution in [3.05, 3.63) is 29.8 Å². The largest absolute Gasteiger partial charge is 0.370 e. The Kier molecular flexibility index (Phi) is 7.46. The number of nitrogens with zero attached hydrogens (tertiary/aromatic N) is 2. The number of nitrogens with one attached hydrogen (secondary N) is 1. The number of aliphatic imine (C=N–C) groups is 1. The molecule has 6 nitrogen and oxygen atoms in total. The molecule has 26 heavy (non-hydrogen) atoms. The minimum Gasteiger partial charge on any atom is -0.370 e. The summed E-state index contributed by atoms with van der Waals surface area (Å²) in [4.78, 5) is 4.66. The first-order valence-electron chi connectivity index (χ1n) is 9.42. The zero-order chi connectivity index (χ0) is 19.2. The molecule has 0 spiro atoms. The molecule has 3 N–H and O–H groups in total. The highest BCUT2D eigenvalue weighted by Gasteiger charge is 2.28. The van der Waals surface area contributed by atoms with Crippen molar-refractivity contribution < 1.29 is 8.42 Å². The van der Waals surface area contributed by atoms with Gasteiger partial charge in [0.25, 0.3) is 0 Å². The molecule has 0 aromatic heterocycles. The molecule has 1 aliphatic heterocycles. The summed E-state index contributed by atoms with van der Waals surface area (Å²) in [5.41, 5.74) is 6.79. The summed E-state index contributed by atoms with van der Waals surface area (Å²) in [6, 6.07) is 6.96. The molecule has 0 bridgehead atoms. The molecule has 1 aromatic rings. The minimum atomic E-state index is -3.40. The smallest absolute Gasteiger partial charge is 0.243 e. The first-order valence-corrected chi connectivity index (χ1v) is 10.9. The minimum absolute atomic E-state index is 0.349. The average Bonchev–Trinajstić information content (AvgIpc) is 2.60. The molecule has 0 aliphatic carbocycles. The van der Waals surface area contributed by atoms with Gasteiger partial charge in [-0.2, -0.15) is 4.31 Å². The van der Waals surface area contributed by atoms with Crippen molar-refractivity contribution in [2.45, 2.75) is 51.5 Å². The van der Waals surface area contributed by atoms with E-state index in [0.717, 1.165) is 31.4 Å². The number of hydrogen-bond acceptors (Lipinski definition) is 3. The second-order valence-corrected chi connectivity index (χ2v) is 9.50. The lowest BCUT2D eigenvalue weighted by Crippen LogP contribution is -2.39. The summed E-state index contributed by atoms with van der Waals surface area (Å²) in [7, 11) is -3.40. The highest BCUT2D eigenvalue weighted by molar-refractivity contribution is 7.89. The maximum absolute atomic E-state index is 12.8. The normalized spacial score (nSPS) is 19.7. The number of hydrogen-bond donors (Lipinski definition) is 2. The molecule has 0 amide bonds. The third-order valence-corrected chi connectivity index (χ3v) is 6.52. The van der Waals surface area contributed by atoms with Gasteiger partial charge in [-0.1, -0.05) is 32.9 Å². The van der Waals surface area contributed by atoms with Crippen LogP contribution in [0.1, 0.15) is 45.6 Å². The van der Waals surface area contributed by atoms with Crippen molar-refractivity contribution in [2.24, 2.45) is 22.6 Å². The van der Waals surface area contributed by atoms with Crippen molar-refractivity contribution in [3.63, 3.8) is 0 Å². The fraction of sp³-hybridized carbons (Fsp3) is 0.632. The number of guanidine groups is 1. The van der Waals surface area contributed by atoms with Crippen molar-refractivity contribution in [1.29, 1.82) is 0 Å². The number of nitrogens with two attached hydrogens (primary N) is 1. The van der Waals surface area contributed by atoms with E-state index in [1.54, 1.807) is 16.4 Å². The molecule has 1 fully saturated rings. The molecule has 1 saturated heterocycles. The van der Waals surface area contributed by atoms with Crippen LogP contribution >= 0.6 is 0 Å². The molecule has 1 atom stereocenters. The zero-order valence-electron chi connectivity index (χ0n) is 16.1. The maximum atomic E-state index is 12.8. The first kappa shape index (κ1) is 20.7. The van der Waals surface area contributed by atoms with Gasteiger partial charge in [0, 0.05) is 19.6 Å². The quantitative estimate of drug-likeness (QED) is 0.562. The summed E-state index contributed by atoms with van der Waals surface area (Å²) >= 11 is 0. The summed E-state index contributed by atoms with van der Waals surface area (Å²) in [5, 5.41) is 3.09. The third-order valence-electron chi connectivity index (χ3n) is 4.64. The first-order chi connectivity index (χ1) is 12.3. The van der Waals surface area contributed by atoms with Crippen LogP contribution in [0.5, 0.6) is 0 Å². The predicted molar refractivity (Wildman–Crippen MR) is 106 cm³/mol. The summed E-state index contributed by atoms with van der Waals surface area (Å²) < 4.78 is 27.1. The Morgan fingerprint density at radius 1 is 1.35 bits per heavy atom. The van der Waals surface area contributed by atoms with E-state index in [1.807, 2.05) is 12.1 Å². The van der Waals surface area contributed by atoms with Gasteiger partial charge < -0.3 is 11.1 Å².